The Morgan fingerprint density at radius 2 is 2.05 bits per heavy atom. The average Bonchev–Trinajstić information content (AvgIpc) is 2.95. The van der Waals surface area contributed by atoms with E-state index in [1.54, 1.807) is 0 Å². The SMILES string of the molecule is CN1CCOC(c2nc(N)c(I)c(C3CCCC3)n2)C1. The normalized spacial score (nSPS) is 25.2. The van der Waals surface area contributed by atoms with E-state index in [0.717, 1.165) is 34.8 Å². The Morgan fingerprint density at radius 3 is 2.75 bits per heavy atom. The minimum Gasteiger partial charge on any atom is -0.383 e. The maximum Gasteiger partial charge on any atom is 0.161 e. The van der Waals surface area contributed by atoms with Crippen molar-refractivity contribution in [1.82, 2.24) is 14.9 Å². The Balaban J connectivity index is 1.91. The van der Waals surface area contributed by atoms with E-state index in [1.807, 2.05) is 0 Å². The number of rotatable bonds is 2. The highest BCUT2D eigenvalue weighted by Crippen LogP contribution is 2.37. The summed E-state index contributed by atoms with van der Waals surface area (Å²) < 4.78 is 6.85. The molecule has 0 radical (unpaired) electrons. The molecule has 0 aromatic carbocycles. The topological polar surface area (TPSA) is 64.3 Å². The molecule has 1 saturated carbocycles. The molecule has 2 heterocycles. The molecular weight excluding hydrogens is 367 g/mol. The zero-order valence-corrected chi connectivity index (χ0v) is 14.0. The van der Waals surface area contributed by atoms with Gasteiger partial charge in [0.2, 0.25) is 0 Å². The van der Waals surface area contributed by atoms with Crippen LogP contribution >= 0.6 is 22.6 Å². The van der Waals surface area contributed by atoms with Crippen LogP contribution in [0.25, 0.3) is 0 Å². The molecule has 0 bridgehead atoms. The zero-order chi connectivity index (χ0) is 14.1. The van der Waals surface area contributed by atoms with Crippen LogP contribution in [-0.4, -0.2) is 41.6 Å². The number of aromatic nitrogens is 2. The van der Waals surface area contributed by atoms with Gasteiger partial charge in [0.25, 0.3) is 0 Å². The highest BCUT2D eigenvalue weighted by Gasteiger charge is 2.27. The van der Waals surface area contributed by atoms with Gasteiger partial charge in [-0.05, 0) is 42.5 Å². The van der Waals surface area contributed by atoms with Crippen LogP contribution in [0.5, 0.6) is 0 Å². The Labute approximate surface area is 133 Å². The van der Waals surface area contributed by atoms with Gasteiger partial charge in [-0.25, -0.2) is 9.97 Å². The lowest BCUT2D eigenvalue weighted by Crippen LogP contribution is -2.36. The fourth-order valence-corrected chi connectivity index (χ4v) is 3.73. The molecule has 3 rings (SSSR count). The van der Waals surface area contributed by atoms with Crippen LogP contribution in [0.4, 0.5) is 5.82 Å². The molecule has 0 spiro atoms. The van der Waals surface area contributed by atoms with Crippen molar-refractivity contribution < 1.29 is 4.74 Å². The van der Waals surface area contributed by atoms with E-state index in [4.69, 9.17) is 15.5 Å². The molecule has 110 valence electrons. The number of anilines is 1. The van der Waals surface area contributed by atoms with Gasteiger partial charge in [0, 0.05) is 19.0 Å². The first-order valence-corrected chi connectivity index (χ1v) is 8.36. The fraction of sp³-hybridized carbons (Fsp3) is 0.714. The summed E-state index contributed by atoms with van der Waals surface area (Å²) in [5.74, 6) is 1.91. The van der Waals surface area contributed by atoms with Gasteiger partial charge in [-0.15, -0.1) is 0 Å². The van der Waals surface area contributed by atoms with E-state index in [9.17, 15) is 0 Å². The second-order valence-corrected chi connectivity index (χ2v) is 6.85. The van der Waals surface area contributed by atoms with Crippen LogP contribution in [-0.2, 0) is 4.74 Å². The zero-order valence-electron chi connectivity index (χ0n) is 11.8. The first-order valence-electron chi connectivity index (χ1n) is 7.28. The summed E-state index contributed by atoms with van der Waals surface area (Å²) in [5, 5.41) is 0. The number of nitrogens with two attached hydrogens (primary N) is 1. The van der Waals surface area contributed by atoms with Crippen molar-refractivity contribution in [3.8, 4) is 0 Å². The molecule has 0 amide bonds. The van der Waals surface area contributed by atoms with Crippen molar-refractivity contribution in [1.29, 1.82) is 0 Å². The monoisotopic (exact) mass is 388 g/mol. The number of morpholine rings is 1. The second kappa shape index (κ2) is 6.11. The van der Waals surface area contributed by atoms with Crippen molar-refractivity contribution >= 4 is 28.4 Å². The Kier molecular flexibility index (Phi) is 4.42. The molecule has 1 atom stereocenters. The molecule has 2 fully saturated rings. The van der Waals surface area contributed by atoms with E-state index in [1.165, 1.54) is 25.7 Å². The molecule has 2 aliphatic rings. The van der Waals surface area contributed by atoms with E-state index >= 15 is 0 Å². The third-order valence-electron chi connectivity index (χ3n) is 4.22. The lowest BCUT2D eigenvalue weighted by molar-refractivity contribution is -0.0255. The number of halogens is 1. The largest absolute Gasteiger partial charge is 0.383 e. The minimum atomic E-state index is -0.0480. The van der Waals surface area contributed by atoms with E-state index in [2.05, 4.69) is 39.5 Å². The van der Waals surface area contributed by atoms with E-state index in [0.29, 0.717) is 11.7 Å². The Bertz CT molecular complexity index is 490. The van der Waals surface area contributed by atoms with Gasteiger partial charge >= 0.3 is 0 Å². The quantitative estimate of drug-likeness (QED) is 0.788. The summed E-state index contributed by atoms with van der Waals surface area (Å²) in [4.78, 5) is 11.5. The molecule has 1 aromatic heterocycles. The van der Waals surface area contributed by atoms with Crippen molar-refractivity contribution in [2.24, 2.45) is 0 Å². The molecule has 1 aliphatic heterocycles. The summed E-state index contributed by atoms with van der Waals surface area (Å²) in [6, 6.07) is 0. The number of nitrogens with zero attached hydrogens (tertiary/aromatic N) is 3. The van der Waals surface area contributed by atoms with Crippen molar-refractivity contribution in [3.05, 3.63) is 15.1 Å². The first kappa shape index (κ1) is 14.5. The predicted octanol–water partition coefficient (Wildman–Crippen LogP) is 2.32. The number of nitrogen functional groups attached to an aromatic ring is 1. The number of hydrogen-bond acceptors (Lipinski definition) is 5. The van der Waals surface area contributed by atoms with Gasteiger partial charge in [-0.2, -0.15) is 0 Å². The van der Waals surface area contributed by atoms with Crippen molar-refractivity contribution in [2.75, 3.05) is 32.5 Å². The summed E-state index contributed by atoms with van der Waals surface area (Å²) in [6.07, 6.45) is 4.98. The first-order chi connectivity index (χ1) is 9.65. The summed E-state index contributed by atoms with van der Waals surface area (Å²) in [7, 11) is 2.10. The third kappa shape index (κ3) is 2.92. The number of ether oxygens (including phenoxy) is 1. The van der Waals surface area contributed by atoms with Crippen LogP contribution in [0, 0.1) is 3.57 Å². The molecule has 1 aliphatic carbocycles. The van der Waals surface area contributed by atoms with Crippen LogP contribution in [0.1, 0.15) is 49.2 Å². The molecule has 20 heavy (non-hydrogen) atoms. The smallest absolute Gasteiger partial charge is 0.161 e. The predicted molar refractivity (Wildman–Crippen MR) is 86.6 cm³/mol. The highest BCUT2D eigenvalue weighted by molar-refractivity contribution is 14.1. The van der Waals surface area contributed by atoms with Crippen LogP contribution in [0.2, 0.25) is 0 Å². The standard InChI is InChI=1S/C14H21IN4O/c1-19-6-7-20-10(8-19)14-17-12(9-4-2-3-5-9)11(15)13(16)18-14/h9-10H,2-8H2,1H3,(H2,16,17,18). The van der Waals surface area contributed by atoms with E-state index in [-0.39, 0.29) is 6.10 Å². The van der Waals surface area contributed by atoms with Gasteiger partial charge in [0.15, 0.2) is 5.82 Å². The lowest BCUT2D eigenvalue weighted by atomic mass is 10.0. The average molecular weight is 388 g/mol. The van der Waals surface area contributed by atoms with Gasteiger partial charge < -0.3 is 15.4 Å². The Morgan fingerprint density at radius 1 is 1.30 bits per heavy atom. The molecule has 1 unspecified atom stereocenters. The number of likely N-dealkylation sites (N-methyl/N-ethyl adjacent to an activating group) is 1. The van der Waals surface area contributed by atoms with Crippen LogP contribution in [0.15, 0.2) is 0 Å². The lowest BCUT2D eigenvalue weighted by Gasteiger charge is -2.29. The van der Waals surface area contributed by atoms with Gasteiger partial charge in [0.1, 0.15) is 11.9 Å². The molecule has 6 heteroatoms. The summed E-state index contributed by atoms with van der Waals surface area (Å²) in [5.41, 5.74) is 7.24. The summed E-state index contributed by atoms with van der Waals surface area (Å²) in [6.45, 7) is 2.53. The second-order valence-electron chi connectivity index (χ2n) is 5.77. The van der Waals surface area contributed by atoms with Crippen molar-refractivity contribution in [3.63, 3.8) is 0 Å². The maximum atomic E-state index is 6.10. The molecule has 5 nitrogen and oxygen atoms in total. The molecule has 1 aromatic rings. The van der Waals surface area contributed by atoms with Gasteiger partial charge in [-0.1, -0.05) is 12.8 Å². The maximum absolute atomic E-state index is 6.10. The summed E-state index contributed by atoms with van der Waals surface area (Å²) >= 11 is 2.28. The van der Waals surface area contributed by atoms with Gasteiger partial charge in [-0.3, -0.25) is 0 Å². The van der Waals surface area contributed by atoms with Gasteiger partial charge in [0.05, 0.1) is 15.9 Å². The van der Waals surface area contributed by atoms with E-state index < -0.39 is 0 Å². The minimum absolute atomic E-state index is 0.0480. The fourth-order valence-electron chi connectivity index (χ4n) is 3.05. The third-order valence-corrected chi connectivity index (χ3v) is 5.32. The highest BCUT2D eigenvalue weighted by atomic mass is 127. The molecule has 2 N–H and O–H groups in total. The Hall–Kier alpha value is -0.470. The van der Waals surface area contributed by atoms with Crippen LogP contribution < -0.4 is 5.73 Å². The van der Waals surface area contributed by atoms with Crippen molar-refractivity contribution in [2.45, 2.75) is 37.7 Å². The van der Waals surface area contributed by atoms with Crippen LogP contribution in [0.3, 0.4) is 0 Å². The molecular formula is C14H21IN4O. The number of hydrogen-bond donors (Lipinski definition) is 1. The molecule has 1 saturated heterocycles.